The van der Waals surface area contributed by atoms with Gasteiger partial charge in [-0.2, -0.15) is 0 Å². The predicted molar refractivity (Wildman–Crippen MR) is 173 cm³/mol. The van der Waals surface area contributed by atoms with Crippen LogP contribution in [-0.4, -0.2) is 49.5 Å². The van der Waals surface area contributed by atoms with Crippen molar-refractivity contribution >= 4 is 34.5 Å². The van der Waals surface area contributed by atoms with Gasteiger partial charge in [-0.3, -0.25) is 9.69 Å². The van der Waals surface area contributed by atoms with Gasteiger partial charge in [-0.15, -0.1) is 12.4 Å². The van der Waals surface area contributed by atoms with Gasteiger partial charge in [0, 0.05) is 37.8 Å². The number of likely N-dealkylation sites (tertiary alicyclic amines) is 2. The molecule has 2 unspecified atom stereocenters. The van der Waals surface area contributed by atoms with Crippen LogP contribution >= 0.6 is 12.4 Å². The highest BCUT2D eigenvalue weighted by molar-refractivity contribution is 6.80. The third-order valence-electron chi connectivity index (χ3n) is 8.71. The monoisotopic (exact) mass is 572 g/mol. The van der Waals surface area contributed by atoms with E-state index < -0.39 is 16.1 Å². The average Bonchev–Trinajstić information content (AvgIpc) is 3.22. The summed E-state index contributed by atoms with van der Waals surface area (Å²) in [6, 6.07) is 21.2. The van der Waals surface area contributed by atoms with Crippen molar-refractivity contribution in [3.8, 4) is 0 Å². The summed E-state index contributed by atoms with van der Waals surface area (Å²) in [4.78, 5) is 17.5. The highest BCUT2D eigenvalue weighted by Crippen LogP contribution is 2.44. The van der Waals surface area contributed by atoms with E-state index >= 15 is 0 Å². The maximum Gasteiger partial charge on any atom is 0.223 e. The highest BCUT2D eigenvalue weighted by atomic mass is 35.5. The Bertz CT molecular complexity index is 1030. The van der Waals surface area contributed by atoms with Crippen molar-refractivity contribution in [3.05, 3.63) is 71.8 Å². The van der Waals surface area contributed by atoms with E-state index in [0.29, 0.717) is 11.4 Å². The van der Waals surface area contributed by atoms with E-state index in [1.807, 2.05) is 18.2 Å². The molecule has 1 amide bonds. The van der Waals surface area contributed by atoms with Crippen molar-refractivity contribution in [2.75, 3.05) is 6.54 Å². The van der Waals surface area contributed by atoms with Crippen LogP contribution in [-0.2, 0) is 17.9 Å². The zero-order chi connectivity index (χ0) is 27.6. The van der Waals surface area contributed by atoms with E-state index in [9.17, 15) is 4.79 Å². The summed E-state index contributed by atoms with van der Waals surface area (Å²) in [5, 5.41) is 0. The number of hydrogen-bond donors (Lipinski definition) is 0. The van der Waals surface area contributed by atoms with Gasteiger partial charge in [0.25, 0.3) is 0 Å². The van der Waals surface area contributed by atoms with E-state index in [0.717, 1.165) is 25.1 Å². The number of halogens is 1. The first-order valence-electron chi connectivity index (χ1n) is 14.1. The lowest BCUT2D eigenvalue weighted by Gasteiger charge is -2.31. The van der Waals surface area contributed by atoms with Crippen molar-refractivity contribution in [2.24, 2.45) is 0 Å². The van der Waals surface area contributed by atoms with Gasteiger partial charge in [0.15, 0.2) is 0 Å². The molecule has 0 radical (unpaired) electrons. The second-order valence-corrected chi connectivity index (χ2v) is 25.8. The van der Waals surface area contributed by atoms with Gasteiger partial charge in [-0.1, -0.05) is 99.9 Å². The molecule has 4 rings (SSSR count). The van der Waals surface area contributed by atoms with Crippen molar-refractivity contribution < 1.29 is 4.79 Å². The van der Waals surface area contributed by atoms with Crippen molar-refractivity contribution in [1.29, 1.82) is 0 Å². The smallest absolute Gasteiger partial charge is 0.223 e. The van der Waals surface area contributed by atoms with E-state index in [4.69, 9.17) is 0 Å². The third-order valence-corrected chi connectivity index (χ3v) is 14.1. The van der Waals surface area contributed by atoms with Crippen LogP contribution in [0.4, 0.5) is 0 Å². The second-order valence-electron chi connectivity index (χ2n) is 14.8. The molecule has 0 N–H and O–H groups in total. The number of carbonyl (C=O) groups excluding carboxylic acids is 1. The van der Waals surface area contributed by atoms with Gasteiger partial charge in [0.2, 0.25) is 5.91 Å². The van der Waals surface area contributed by atoms with Crippen molar-refractivity contribution in [1.82, 2.24) is 9.80 Å². The number of amides is 1. The molecule has 2 aromatic carbocycles. The Morgan fingerprint density at radius 1 is 0.711 bits per heavy atom. The Balaban J connectivity index is 0.000000260. The van der Waals surface area contributed by atoms with E-state index in [-0.39, 0.29) is 23.5 Å². The number of rotatable bonds is 6. The number of benzene rings is 2. The molecular formula is C32H53ClN2OSi2. The Kier molecular flexibility index (Phi) is 10.7. The first kappa shape index (κ1) is 32.8. The lowest BCUT2D eigenvalue weighted by atomic mass is 10.0. The van der Waals surface area contributed by atoms with Crippen molar-refractivity contribution in [3.63, 3.8) is 0 Å². The second kappa shape index (κ2) is 12.4. The molecule has 0 aromatic heterocycles. The minimum atomic E-state index is -1.43. The SMILES string of the molecule is CC1(C)CC([Si](C)(C)C)C(=O)N1Cc1ccccc1.CC1(C)CC([Si](C)(C)C)CN1Cc1ccccc1.Cl. The Hall–Kier alpha value is -1.41. The number of carbonyl (C=O) groups is 1. The number of hydrogen-bond acceptors (Lipinski definition) is 2. The Morgan fingerprint density at radius 3 is 1.58 bits per heavy atom. The van der Waals surface area contributed by atoms with Crippen LogP contribution < -0.4 is 0 Å². The summed E-state index contributed by atoms with van der Waals surface area (Å²) in [5.41, 5.74) is 4.22. The summed E-state index contributed by atoms with van der Waals surface area (Å²) in [6.07, 6.45) is 2.38. The van der Waals surface area contributed by atoms with Crippen LogP contribution in [0.2, 0.25) is 50.4 Å². The van der Waals surface area contributed by atoms with E-state index in [1.165, 1.54) is 24.1 Å². The molecule has 2 aliphatic rings. The average molecular weight is 573 g/mol. The topological polar surface area (TPSA) is 23.6 Å². The van der Waals surface area contributed by atoms with Crippen LogP contribution in [0.15, 0.2) is 60.7 Å². The maximum atomic E-state index is 12.7. The largest absolute Gasteiger partial charge is 0.333 e. The predicted octanol–water partition coefficient (Wildman–Crippen LogP) is 8.71. The molecule has 212 valence electrons. The minimum Gasteiger partial charge on any atom is -0.333 e. The molecule has 2 heterocycles. The number of nitrogens with zero attached hydrogens (tertiary/aromatic N) is 2. The normalized spacial score (nSPS) is 23.0. The highest BCUT2D eigenvalue weighted by Gasteiger charge is 2.49. The first-order chi connectivity index (χ1) is 17.0. The fraction of sp³-hybridized carbons (Fsp3) is 0.594. The fourth-order valence-electron chi connectivity index (χ4n) is 5.89. The third kappa shape index (κ3) is 8.30. The van der Waals surface area contributed by atoms with E-state index in [1.54, 1.807) is 0 Å². The van der Waals surface area contributed by atoms with E-state index in [2.05, 4.69) is 119 Å². The Labute approximate surface area is 241 Å². The Morgan fingerprint density at radius 2 is 1.18 bits per heavy atom. The first-order valence-corrected chi connectivity index (χ1v) is 21.3. The zero-order valence-electron chi connectivity index (χ0n) is 25.7. The molecule has 0 saturated carbocycles. The van der Waals surface area contributed by atoms with Crippen LogP contribution in [0.25, 0.3) is 0 Å². The van der Waals surface area contributed by atoms with Crippen LogP contribution in [0, 0.1) is 0 Å². The van der Waals surface area contributed by atoms with Crippen LogP contribution in [0.5, 0.6) is 0 Å². The molecule has 2 fully saturated rings. The zero-order valence-corrected chi connectivity index (χ0v) is 28.5. The van der Waals surface area contributed by atoms with Gasteiger partial charge < -0.3 is 4.90 Å². The molecule has 38 heavy (non-hydrogen) atoms. The summed E-state index contributed by atoms with van der Waals surface area (Å²) in [5.74, 6) is 0.369. The summed E-state index contributed by atoms with van der Waals surface area (Å²) < 4.78 is 0. The minimum absolute atomic E-state index is 0. The molecule has 2 saturated heterocycles. The van der Waals surface area contributed by atoms with Gasteiger partial charge >= 0.3 is 0 Å². The quantitative estimate of drug-likeness (QED) is 0.323. The molecular weight excluding hydrogens is 520 g/mol. The van der Waals surface area contributed by atoms with Crippen LogP contribution in [0.1, 0.15) is 51.7 Å². The van der Waals surface area contributed by atoms with Crippen LogP contribution in [0.3, 0.4) is 0 Å². The molecule has 3 nitrogen and oxygen atoms in total. The van der Waals surface area contributed by atoms with Gasteiger partial charge in [-0.05, 0) is 63.7 Å². The molecule has 2 aliphatic heterocycles. The van der Waals surface area contributed by atoms with Gasteiger partial charge in [-0.25, -0.2) is 0 Å². The molecule has 0 spiro atoms. The van der Waals surface area contributed by atoms with Gasteiger partial charge in [0.05, 0.1) is 8.07 Å². The molecule has 2 aromatic rings. The lowest BCUT2D eigenvalue weighted by molar-refractivity contribution is -0.131. The summed E-state index contributed by atoms with van der Waals surface area (Å²) >= 11 is 0. The summed E-state index contributed by atoms with van der Waals surface area (Å²) in [6.45, 7) is 26.8. The summed E-state index contributed by atoms with van der Waals surface area (Å²) in [7, 11) is -2.44. The standard InChI is InChI=1S/C16H25NOSi.C16H27NSi.ClH/c1-16(2)11-14(19(3,4)5)15(18)17(16)12-13-9-7-6-8-10-13;1-16(2)11-15(18(3,4)5)13-17(16)12-14-9-7-6-8-10-14;/h6-10,14H,11-12H2,1-5H3;6-10,15H,11-13H2,1-5H3;1H. The van der Waals surface area contributed by atoms with Crippen molar-refractivity contribution in [2.45, 2.75) is 115 Å². The van der Waals surface area contributed by atoms with Gasteiger partial charge in [0.1, 0.15) is 0 Å². The molecule has 6 heteroatoms. The lowest BCUT2D eigenvalue weighted by Crippen LogP contribution is -2.41. The molecule has 0 bridgehead atoms. The fourth-order valence-corrected chi connectivity index (χ4v) is 9.78. The maximum absolute atomic E-state index is 12.7. The molecule has 0 aliphatic carbocycles. The molecule has 2 atom stereocenters.